The van der Waals surface area contributed by atoms with Gasteiger partial charge in [0.05, 0.1) is 11.0 Å². The summed E-state index contributed by atoms with van der Waals surface area (Å²) in [5.41, 5.74) is 7.79. The fourth-order valence-corrected chi connectivity index (χ4v) is 3.04. The van der Waals surface area contributed by atoms with Gasteiger partial charge < -0.3 is 19.8 Å². The number of imidazole rings is 1. The number of rotatable bonds is 3. The Morgan fingerprint density at radius 2 is 1.95 bits per heavy atom. The van der Waals surface area contributed by atoms with Crippen molar-refractivity contribution < 1.29 is 9.47 Å². The van der Waals surface area contributed by atoms with E-state index in [0.29, 0.717) is 13.2 Å². The first-order valence-corrected chi connectivity index (χ1v) is 7.60. The molecule has 0 bridgehead atoms. The van der Waals surface area contributed by atoms with Gasteiger partial charge in [-0.3, -0.25) is 0 Å². The molecule has 1 aromatic carbocycles. The molecule has 3 rings (SSSR count). The molecule has 0 unspecified atom stereocenters. The maximum atomic E-state index is 6.03. The second-order valence-electron chi connectivity index (χ2n) is 5.72. The molecule has 6 heteroatoms. The van der Waals surface area contributed by atoms with Crippen molar-refractivity contribution >= 4 is 22.8 Å². The van der Waals surface area contributed by atoms with Crippen LogP contribution in [0.3, 0.4) is 0 Å². The summed E-state index contributed by atoms with van der Waals surface area (Å²) in [7, 11) is 2.01. The smallest absolute Gasteiger partial charge is 0.168 e. The lowest BCUT2D eigenvalue weighted by Gasteiger charge is -2.18. The van der Waals surface area contributed by atoms with E-state index < -0.39 is 0 Å². The standard InChI is InChI=1S/C14H19N3O2S/c1-14(2,15)8-20-13-16-9-6-11-12(19-5-4-18-11)7-10(9)17(13)3/h6-7H,4-5,8,15H2,1-3H3. The van der Waals surface area contributed by atoms with Crippen molar-refractivity contribution in [3.05, 3.63) is 12.1 Å². The van der Waals surface area contributed by atoms with E-state index in [4.69, 9.17) is 15.2 Å². The number of benzene rings is 1. The SMILES string of the molecule is Cn1c(SCC(C)(C)N)nc2cc3c(cc21)OCCO3. The van der Waals surface area contributed by atoms with Gasteiger partial charge in [-0.15, -0.1) is 0 Å². The van der Waals surface area contributed by atoms with Gasteiger partial charge in [0.15, 0.2) is 16.7 Å². The molecule has 0 saturated carbocycles. The quantitative estimate of drug-likeness (QED) is 0.879. The van der Waals surface area contributed by atoms with Crippen molar-refractivity contribution in [1.82, 2.24) is 9.55 Å². The van der Waals surface area contributed by atoms with Crippen LogP contribution in [0.4, 0.5) is 0 Å². The molecule has 2 N–H and O–H groups in total. The molecule has 2 aromatic rings. The van der Waals surface area contributed by atoms with Gasteiger partial charge in [-0.1, -0.05) is 11.8 Å². The monoisotopic (exact) mass is 293 g/mol. The molecule has 1 aliphatic heterocycles. The van der Waals surface area contributed by atoms with Gasteiger partial charge in [0, 0.05) is 30.5 Å². The number of thioether (sulfide) groups is 1. The normalized spacial score (nSPS) is 14.8. The topological polar surface area (TPSA) is 62.3 Å². The van der Waals surface area contributed by atoms with E-state index in [1.54, 1.807) is 11.8 Å². The molecule has 2 heterocycles. The zero-order valence-corrected chi connectivity index (χ0v) is 12.8. The number of nitrogens with two attached hydrogens (primary N) is 1. The average Bonchev–Trinajstić information content (AvgIpc) is 2.70. The summed E-state index contributed by atoms with van der Waals surface area (Å²) in [6.45, 7) is 5.22. The highest BCUT2D eigenvalue weighted by Crippen LogP contribution is 2.35. The van der Waals surface area contributed by atoms with Crippen LogP contribution in [-0.2, 0) is 7.05 Å². The molecular formula is C14H19N3O2S. The summed E-state index contributed by atoms with van der Waals surface area (Å²) >= 11 is 1.67. The molecule has 20 heavy (non-hydrogen) atoms. The highest BCUT2D eigenvalue weighted by atomic mass is 32.2. The maximum absolute atomic E-state index is 6.03. The molecule has 5 nitrogen and oxygen atoms in total. The number of ether oxygens (including phenoxy) is 2. The van der Waals surface area contributed by atoms with Gasteiger partial charge in [0.25, 0.3) is 0 Å². The van der Waals surface area contributed by atoms with Gasteiger partial charge >= 0.3 is 0 Å². The van der Waals surface area contributed by atoms with E-state index >= 15 is 0 Å². The Labute approximate surface area is 122 Å². The number of aryl methyl sites for hydroxylation is 1. The van der Waals surface area contributed by atoms with Crippen LogP contribution < -0.4 is 15.2 Å². The lowest BCUT2D eigenvalue weighted by molar-refractivity contribution is 0.172. The third-order valence-electron chi connectivity index (χ3n) is 3.08. The Morgan fingerprint density at radius 3 is 2.60 bits per heavy atom. The van der Waals surface area contributed by atoms with Crippen LogP contribution in [0.15, 0.2) is 17.3 Å². The molecule has 108 valence electrons. The first-order valence-electron chi connectivity index (χ1n) is 6.62. The van der Waals surface area contributed by atoms with Crippen molar-refractivity contribution in [2.45, 2.75) is 24.5 Å². The minimum absolute atomic E-state index is 0.214. The van der Waals surface area contributed by atoms with Gasteiger partial charge in [0.1, 0.15) is 13.2 Å². The fraction of sp³-hybridized carbons (Fsp3) is 0.500. The lowest BCUT2D eigenvalue weighted by Crippen LogP contribution is -2.34. The molecule has 0 aliphatic carbocycles. The van der Waals surface area contributed by atoms with E-state index in [1.807, 2.05) is 33.0 Å². The van der Waals surface area contributed by atoms with E-state index in [2.05, 4.69) is 9.55 Å². The third kappa shape index (κ3) is 2.58. The van der Waals surface area contributed by atoms with E-state index in [0.717, 1.165) is 33.4 Å². The van der Waals surface area contributed by atoms with Crippen molar-refractivity contribution in [3.8, 4) is 11.5 Å². The van der Waals surface area contributed by atoms with Crippen LogP contribution in [0.25, 0.3) is 11.0 Å². The summed E-state index contributed by atoms with van der Waals surface area (Å²) in [6, 6.07) is 3.94. The first kappa shape index (κ1) is 13.6. The predicted molar refractivity (Wildman–Crippen MR) is 80.7 cm³/mol. The Bertz CT molecular complexity index is 646. The lowest BCUT2D eigenvalue weighted by atomic mass is 10.1. The summed E-state index contributed by atoms with van der Waals surface area (Å²) < 4.78 is 13.3. The maximum Gasteiger partial charge on any atom is 0.168 e. The molecule has 1 aliphatic rings. The van der Waals surface area contributed by atoms with Crippen LogP contribution in [0, 0.1) is 0 Å². The molecule has 0 atom stereocenters. The minimum Gasteiger partial charge on any atom is -0.486 e. The van der Waals surface area contributed by atoms with Gasteiger partial charge in [-0.2, -0.15) is 0 Å². The van der Waals surface area contributed by atoms with Crippen molar-refractivity contribution in [3.63, 3.8) is 0 Å². The number of fused-ring (bicyclic) bond motifs is 2. The Kier molecular flexibility index (Phi) is 3.30. The van der Waals surface area contributed by atoms with Crippen LogP contribution in [0.5, 0.6) is 11.5 Å². The van der Waals surface area contributed by atoms with E-state index in [9.17, 15) is 0 Å². The average molecular weight is 293 g/mol. The fourth-order valence-electron chi connectivity index (χ4n) is 2.09. The third-order valence-corrected chi connectivity index (χ3v) is 4.59. The molecule has 0 saturated heterocycles. The second kappa shape index (κ2) is 4.86. The molecule has 0 spiro atoms. The molecule has 0 fully saturated rings. The molecular weight excluding hydrogens is 274 g/mol. The first-order chi connectivity index (χ1) is 9.44. The Morgan fingerprint density at radius 1 is 1.30 bits per heavy atom. The van der Waals surface area contributed by atoms with Crippen molar-refractivity contribution in [2.75, 3.05) is 19.0 Å². The van der Waals surface area contributed by atoms with Crippen molar-refractivity contribution in [1.29, 1.82) is 0 Å². The van der Waals surface area contributed by atoms with Crippen LogP contribution in [0.2, 0.25) is 0 Å². The number of hydrogen-bond acceptors (Lipinski definition) is 5. The second-order valence-corrected chi connectivity index (χ2v) is 6.66. The Balaban J connectivity index is 1.97. The van der Waals surface area contributed by atoms with Gasteiger partial charge in [-0.05, 0) is 13.8 Å². The predicted octanol–water partition coefficient (Wildman–Crippen LogP) is 2.17. The minimum atomic E-state index is -0.214. The van der Waals surface area contributed by atoms with Gasteiger partial charge in [-0.25, -0.2) is 4.98 Å². The van der Waals surface area contributed by atoms with Crippen LogP contribution in [0.1, 0.15) is 13.8 Å². The zero-order chi connectivity index (χ0) is 14.3. The van der Waals surface area contributed by atoms with Gasteiger partial charge in [0.2, 0.25) is 0 Å². The number of nitrogens with zero attached hydrogens (tertiary/aromatic N) is 2. The molecule has 0 amide bonds. The summed E-state index contributed by atoms with van der Waals surface area (Å²) in [6.07, 6.45) is 0. The summed E-state index contributed by atoms with van der Waals surface area (Å²) in [5, 5.41) is 0.959. The van der Waals surface area contributed by atoms with Crippen molar-refractivity contribution in [2.24, 2.45) is 12.8 Å². The van der Waals surface area contributed by atoms with Crippen LogP contribution >= 0.6 is 11.8 Å². The largest absolute Gasteiger partial charge is 0.486 e. The summed E-state index contributed by atoms with van der Waals surface area (Å²) in [5.74, 6) is 2.39. The molecule has 0 radical (unpaired) electrons. The highest BCUT2D eigenvalue weighted by molar-refractivity contribution is 7.99. The number of hydrogen-bond donors (Lipinski definition) is 1. The number of aromatic nitrogens is 2. The van der Waals surface area contributed by atoms with E-state index in [1.165, 1.54) is 0 Å². The molecule has 1 aromatic heterocycles. The van der Waals surface area contributed by atoms with E-state index in [-0.39, 0.29) is 5.54 Å². The highest BCUT2D eigenvalue weighted by Gasteiger charge is 2.18. The van der Waals surface area contributed by atoms with Crippen LogP contribution in [-0.4, -0.2) is 34.1 Å². The zero-order valence-electron chi connectivity index (χ0n) is 12.0. The Hall–Kier alpha value is -1.40. The summed E-state index contributed by atoms with van der Waals surface area (Å²) in [4.78, 5) is 4.66.